The van der Waals surface area contributed by atoms with Crippen molar-refractivity contribution >= 4 is 11.7 Å². The van der Waals surface area contributed by atoms with Gasteiger partial charge >= 0.3 is 0 Å². The molecule has 2 bridgehead atoms. The van der Waals surface area contributed by atoms with Crippen LogP contribution in [0.5, 0.6) is 0 Å². The van der Waals surface area contributed by atoms with Crippen molar-refractivity contribution in [2.75, 3.05) is 18.0 Å². The van der Waals surface area contributed by atoms with Gasteiger partial charge in [0.2, 0.25) is 0 Å². The molecule has 2 aliphatic heterocycles. The summed E-state index contributed by atoms with van der Waals surface area (Å²) in [5, 5.41) is 0. The summed E-state index contributed by atoms with van der Waals surface area (Å²) in [5.41, 5.74) is 8.40. The fraction of sp³-hybridized carbons (Fsp3) is 0.286. The molecule has 8 heteroatoms. The van der Waals surface area contributed by atoms with Crippen LogP contribution in [0.15, 0.2) is 53.8 Å². The highest BCUT2D eigenvalue weighted by molar-refractivity contribution is 5.90. The molecule has 0 saturated carbocycles. The second-order valence-electron chi connectivity index (χ2n) is 7.69. The van der Waals surface area contributed by atoms with E-state index in [2.05, 4.69) is 25.9 Å². The first-order valence-electron chi connectivity index (χ1n) is 9.60. The number of carbonyl (C=O) groups is 1. The standard InChI is InChI=1S/C21H20N6O2/c22-21(29)17-8-24-9-19(25-17)26-10-13-4-16(12-26)18-5-15(6-20(28)27(18)11-13)14-2-1-3-23-7-14/h1-3,5-9,13,16H,4,10-12H2,(H2,22,29)/t13-,16+/m0/s1. The minimum Gasteiger partial charge on any atom is -0.364 e. The molecule has 1 fully saturated rings. The smallest absolute Gasteiger partial charge is 0.268 e. The third kappa shape index (κ3) is 3.16. The predicted molar refractivity (Wildman–Crippen MR) is 108 cm³/mol. The number of nitrogens with zero attached hydrogens (tertiary/aromatic N) is 5. The number of aromatic nitrogens is 4. The van der Waals surface area contributed by atoms with E-state index >= 15 is 0 Å². The molecule has 2 N–H and O–H groups in total. The van der Waals surface area contributed by atoms with Gasteiger partial charge in [-0.05, 0) is 30.0 Å². The molecule has 1 amide bonds. The van der Waals surface area contributed by atoms with Crippen molar-refractivity contribution in [3.8, 4) is 11.1 Å². The van der Waals surface area contributed by atoms with Gasteiger partial charge in [0.1, 0.15) is 11.5 Å². The zero-order chi connectivity index (χ0) is 20.0. The largest absolute Gasteiger partial charge is 0.364 e. The molecule has 2 aliphatic rings. The van der Waals surface area contributed by atoms with Crippen molar-refractivity contribution in [2.45, 2.75) is 18.9 Å². The average molecular weight is 388 g/mol. The average Bonchev–Trinajstić information content (AvgIpc) is 2.75. The zero-order valence-corrected chi connectivity index (χ0v) is 15.7. The molecule has 146 valence electrons. The van der Waals surface area contributed by atoms with Gasteiger partial charge in [-0.15, -0.1) is 0 Å². The maximum absolute atomic E-state index is 12.8. The van der Waals surface area contributed by atoms with Gasteiger partial charge in [-0.3, -0.25) is 19.6 Å². The van der Waals surface area contributed by atoms with Crippen LogP contribution >= 0.6 is 0 Å². The normalized spacial score (nSPS) is 20.2. The molecule has 0 spiro atoms. The van der Waals surface area contributed by atoms with Crippen LogP contribution in [0.25, 0.3) is 11.1 Å². The molecule has 0 aromatic carbocycles. The second-order valence-corrected chi connectivity index (χ2v) is 7.69. The number of anilines is 1. The number of hydrogen-bond donors (Lipinski definition) is 1. The van der Waals surface area contributed by atoms with E-state index in [9.17, 15) is 9.59 Å². The number of nitrogens with two attached hydrogens (primary N) is 1. The van der Waals surface area contributed by atoms with Gasteiger partial charge in [-0.25, -0.2) is 4.98 Å². The third-order valence-electron chi connectivity index (χ3n) is 5.75. The summed E-state index contributed by atoms with van der Waals surface area (Å²) in [6.45, 7) is 2.16. The number of rotatable bonds is 3. The Morgan fingerprint density at radius 1 is 1.07 bits per heavy atom. The Morgan fingerprint density at radius 3 is 2.76 bits per heavy atom. The fourth-order valence-electron chi connectivity index (χ4n) is 4.47. The lowest BCUT2D eigenvalue weighted by molar-refractivity contribution is 0.0995. The molecule has 29 heavy (non-hydrogen) atoms. The van der Waals surface area contributed by atoms with E-state index in [1.54, 1.807) is 24.7 Å². The zero-order valence-electron chi connectivity index (χ0n) is 15.7. The van der Waals surface area contributed by atoms with Crippen LogP contribution in [0, 0.1) is 5.92 Å². The monoisotopic (exact) mass is 388 g/mol. The van der Waals surface area contributed by atoms with Crippen LogP contribution in [0.4, 0.5) is 5.82 Å². The molecule has 3 aromatic rings. The van der Waals surface area contributed by atoms with Crippen molar-refractivity contribution < 1.29 is 4.79 Å². The number of fused-ring (bicyclic) bond motifs is 4. The lowest BCUT2D eigenvalue weighted by Gasteiger charge is -2.43. The Bertz CT molecular complexity index is 1140. The molecule has 3 aromatic heterocycles. The van der Waals surface area contributed by atoms with Crippen LogP contribution in [-0.4, -0.2) is 38.5 Å². The van der Waals surface area contributed by atoms with Crippen molar-refractivity contribution in [3.05, 3.63) is 70.8 Å². The van der Waals surface area contributed by atoms with Crippen LogP contribution in [0.3, 0.4) is 0 Å². The van der Waals surface area contributed by atoms with E-state index in [-0.39, 0.29) is 17.2 Å². The van der Waals surface area contributed by atoms with Gasteiger partial charge in [-0.1, -0.05) is 6.07 Å². The van der Waals surface area contributed by atoms with Crippen molar-refractivity contribution in [2.24, 2.45) is 11.7 Å². The molecule has 0 unspecified atom stereocenters. The molecule has 8 nitrogen and oxygen atoms in total. The number of amides is 1. The van der Waals surface area contributed by atoms with E-state index in [1.165, 1.54) is 6.20 Å². The number of carbonyl (C=O) groups excluding carboxylic acids is 1. The van der Waals surface area contributed by atoms with E-state index < -0.39 is 5.91 Å². The lowest BCUT2D eigenvalue weighted by atomic mass is 9.82. The van der Waals surface area contributed by atoms with E-state index in [1.807, 2.05) is 16.7 Å². The minimum absolute atomic E-state index is 0.0278. The molecule has 0 aliphatic carbocycles. The van der Waals surface area contributed by atoms with E-state index in [0.717, 1.165) is 29.8 Å². The summed E-state index contributed by atoms with van der Waals surface area (Å²) in [7, 11) is 0. The Hall–Kier alpha value is -3.55. The SMILES string of the molecule is NC(=O)c1cncc(N2C[C@@H]3C[C@H](C2)c2cc(-c4cccnc4)cc(=O)n2C3)n1. The highest BCUT2D eigenvalue weighted by atomic mass is 16.1. The second kappa shape index (κ2) is 6.80. The highest BCUT2D eigenvalue weighted by Crippen LogP contribution is 2.37. The quantitative estimate of drug-likeness (QED) is 0.727. The molecule has 5 heterocycles. The third-order valence-corrected chi connectivity index (χ3v) is 5.75. The van der Waals surface area contributed by atoms with Crippen molar-refractivity contribution in [1.29, 1.82) is 0 Å². The summed E-state index contributed by atoms with van der Waals surface area (Å²) in [4.78, 5) is 39.1. The number of pyridine rings is 2. The summed E-state index contributed by atoms with van der Waals surface area (Å²) in [6.07, 6.45) is 7.56. The maximum atomic E-state index is 12.8. The van der Waals surface area contributed by atoms with Gasteiger partial charge in [-0.2, -0.15) is 0 Å². The van der Waals surface area contributed by atoms with Gasteiger partial charge in [0.15, 0.2) is 0 Å². The fourth-order valence-corrected chi connectivity index (χ4v) is 4.47. The molecular weight excluding hydrogens is 368 g/mol. The highest BCUT2D eigenvalue weighted by Gasteiger charge is 2.35. The van der Waals surface area contributed by atoms with Crippen LogP contribution in [0.1, 0.15) is 28.5 Å². The van der Waals surface area contributed by atoms with Gasteiger partial charge < -0.3 is 15.2 Å². The van der Waals surface area contributed by atoms with Crippen molar-refractivity contribution in [1.82, 2.24) is 19.5 Å². The lowest BCUT2D eigenvalue weighted by Crippen LogP contribution is -2.47. The topological polar surface area (TPSA) is 107 Å². The first kappa shape index (κ1) is 17.5. The van der Waals surface area contributed by atoms with Crippen LogP contribution in [0.2, 0.25) is 0 Å². The summed E-state index contributed by atoms with van der Waals surface area (Å²) >= 11 is 0. The number of primary amides is 1. The molecule has 1 saturated heterocycles. The number of hydrogen-bond acceptors (Lipinski definition) is 6. The minimum atomic E-state index is -0.588. The van der Waals surface area contributed by atoms with E-state index in [4.69, 9.17) is 5.73 Å². The molecule has 0 radical (unpaired) electrons. The summed E-state index contributed by atoms with van der Waals surface area (Å²) in [6, 6.07) is 7.63. The van der Waals surface area contributed by atoms with Crippen LogP contribution < -0.4 is 16.2 Å². The number of piperidine rings is 1. The first-order chi connectivity index (χ1) is 14.1. The van der Waals surface area contributed by atoms with Gasteiger partial charge in [0, 0.05) is 55.3 Å². The van der Waals surface area contributed by atoms with E-state index in [0.29, 0.717) is 24.8 Å². The molecule has 2 atom stereocenters. The predicted octanol–water partition coefficient (Wildman–Crippen LogP) is 1.42. The summed E-state index contributed by atoms with van der Waals surface area (Å²) in [5.74, 6) is 0.595. The Morgan fingerprint density at radius 2 is 1.97 bits per heavy atom. The van der Waals surface area contributed by atoms with Crippen molar-refractivity contribution in [3.63, 3.8) is 0 Å². The summed E-state index contributed by atoms with van der Waals surface area (Å²) < 4.78 is 1.90. The Kier molecular flexibility index (Phi) is 4.12. The Labute approximate surface area is 167 Å². The first-order valence-corrected chi connectivity index (χ1v) is 9.60. The van der Waals surface area contributed by atoms with Gasteiger partial charge in [0.25, 0.3) is 11.5 Å². The Balaban J connectivity index is 1.51. The van der Waals surface area contributed by atoms with Gasteiger partial charge in [0.05, 0.1) is 12.4 Å². The maximum Gasteiger partial charge on any atom is 0.268 e. The van der Waals surface area contributed by atoms with Crippen LogP contribution in [-0.2, 0) is 6.54 Å². The molecular formula is C21H20N6O2. The molecule has 5 rings (SSSR count).